The van der Waals surface area contributed by atoms with Crippen molar-refractivity contribution in [2.75, 3.05) is 0 Å². The molecule has 0 bridgehead atoms. The zero-order valence-electron chi connectivity index (χ0n) is 13.0. The maximum Gasteiger partial charge on any atom is 0 e. The van der Waals surface area contributed by atoms with Gasteiger partial charge in [0, 0.05) is 20.1 Å². The topological polar surface area (TPSA) is 0 Å². The molecule has 0 heterocycles. The second-order valence-corrected chi connectivity index (χ2v) is 5.77. The third kappa shape index (κ3) is 6.06. The van der Waals surface area contributed by atoms with Crippen molar-refractivity contribution in [3.05, 3.63) is 47.1 Å². The van der Waals surface area contributed by atoms with Crippen molar-refractivity contribution in [1.82, 2.24) is 0 Å². The van der Waals surface area contributed by atoms with Gasteiger partial charge in [-0.2, -0.15) is 11.1 Å². The van der Waals surface area contributed by atoms with Gasteiger partial charge in [-0.05, 0) is 25.7 Å². The summed E-state index contributed by atoms with van der Waals surface area (Å²) in [6.07, 6.45) is 17.4. The van der Waals surface area contributed by atoms with Gasteiger partial charge >= 0.3 is 0 Å². The van der Waals surface area contributed by atoms with Crippen LogP contribution in [-0.4, -0.2) is 0 Å². The minimum absolute atomic E-state index is 0. The molecule has 0 amide bonds. The predicted molar refractivity (Wildman–Crippen MR) is 81.3 cm³/mol. The van der Waals surface area contributed by atoms with Gasteiger partial charge in [0.1, 0.15) is 0 Å². The SMILES string of the molecule is C1=CCCCCC=C1.CC1=[C-]C(C)(C)C(C)=C1C.[Ir]. The molecule has 0 atom stereocenters. The monoisotopic (exact) mass is 436 g/mol. The molecule has 0 aromatic heterocycles. The third-order valence-electron chi connectivity index (χ3n) is 3.94. The van der Waals surface area contributed by atoms with E-state index in [0.717, 1.165) is 0 Å². The molecule has 0 nitrogen and oxygen atoms in total. The van der Waals surface area contributed by atoms with Crippen molar-refractivity contribution in [2.45, 2.75) is 60.3 Å². The number of allylic oxidation sites excluding steroid dienone is 8. The fraction of sp³-hybridized carbons (Fsp3) is 0.556. The smallest absolute Gasteiger partial charge is 0 e. The maximum atomic E-state index is 3.44. The van der Waals surface area contributed by atoms with Crippen LogP contribution in [0.25, 0.3) is 0 Å². The molecule has 0 aromatic carbocycles. The molecule has 0 N–H and O–H groups in total. The average Bonchev–Trinajstić information content (AvgIpc) is 2.41. The van der Waals surface area contributed by atoms with Gasteiger partial charge in [-0.3, -0.25) is 6.08 Å². The summed E-state index contributed by atoms with van der Waals surface area (Å²) in [4.78, 5) is 0. The summed E-state index contributed by atoms with van der Waals surface area (Å²) in [6.45, 7) is 10.9. The van der Waals surface area contributed by atoms with Crippen LogP contribution < -0.4 is 0 Å². The van der Waals surface area contributed by atoms with E-state index in [1.165, 1.54) is 42.4 Å². The Bertz CT molecular complexity index is 378. The first-order valence-electron chi connectivity index (χ1n) is 7.07. The van der Waals surface area contributed by atoms with Gasteiger partial charge in [-0.15, -0.1) is 6.92 Å². The molecule has 0 saturated heterocycles. The average molecular weight is 436 g/mol. The van der Waals surface area contributed by atoms with E-state index in [1.54, 1.807) is 0 Å². The van der Waals surface area contributed by atoms with E-state index in [4.69, 9.17) is 0 Å². The standard InChI is InChI=1S/C10H15.C8H12.Ir/c1-7-6-10(4,5)9(3)8(7)2;1-2-4-6-8-7-5-3-1;/h1-5H3;1-4H,5-8H2;/q-1;;. The van der Waals surface area contributed by atoms with Crippen LogP contribution >= 0.6 is 0 Å². The normalized spacial score (nSPS) is 20.8. The molecule has 0 spiro atoms. The fourth-order valence-electron chi connectivity index (χ4n) is 2.28. The van der Waals surface area contributed by atoms with Crippen LogP contribution in [0.2, 0.25) is 0 Å². The Hall–Kier alpha value is -0.391. The van der Waals surface area contributed by atoms with E-state index >= 15 is 0 Å². The Morgan fingerprint density at radius 3 is 1.68 bits per heavy atom. The number of hydrogen-bond donors (Lipinski definition) is 0. The van der Waals surface area contributed by atoms with Crippen molar-refractivity contribution in [1.29, 1.82) is 0 Å². The molecule has 109 valence electrons. The molecule has 1 radical (unpaired) electrons. The molecule has 19 heavy (non-hydrogen) atoms. The van der Waals surface area contributed by atoms with E-state index in [2.05, 4.69) is 65.0 Å². The van der Waals surface area contributed by atoms with Gasteiger partial charge in [0.2, 0.25) is 0 Å². The van der Waals surface area contributed by atoms with Gasteiger partial charge in [-0.25, -0.2) is 5.57 Å². The predicted octanol–water partition coefficient (Wildman–Crippen LogP) is 5.78. The third-order valence-corrected chi connectivity index (χ3v) is 3.94. The second-order valence-electron chi connectivity index (χ2n) is 5.77. The first kappa shape index (κ1) is 18.6. The Balaban J connectivity index is 0.000000331. The molecule has 0 aliphatic heterocycles. The van der Waals surface area contributed by atoms with Crippen molar-refractivity contribution in [2.24, 2.45) is 5.41 Å². The number of rotatable bonds is 0. The molecule has 0 fully saturated rings. The first-order chi connectivity index (χ1) is 8.45. The summed E-state index contributed by atoms with van der Waals surface area (Å²) in [5.41, 5.74) is 4.39. The zero-order chi connectivity index (χ0) is 13.6. The fourth-order valence-corrected chi connectivity index (χ4v) is 2.28. The largest absolute Gasteiger partial charge is 0.263 e. The van der Waals surface area contributed by atoms with Crippen molar-refractivity contribution >= 4 is 0 Å². The van der Waals surface area contributed by atoms with Crippen LogP contribution in [0.5, 0.6) is 0 Å². The van der Waals surface area contributed by atoms with E-state index in [0.29, 0.717) is 0 Å². The minimum Gasteiger partial charge on any atom is -0.263 e. The van der Waals surface area contributed by atoms with Gasteiger partial charge in [0.05, 0.1) is 0 Å². The van der Waals surface area contributed by atoms with E-state index in [1.807, 2.05) is 0 Å². The molecule has 0 unspecified atom stereocenters. The molecular formula is C18H27Ir-. The van der Waals surface area contributed by atoms with Crippen LogP contribution in [0.15, 0.2) is 41.0 Å². The van der Waals surface area contributed by atoms with Crippen molar-refractivity contribution < 1.29 is 20.1 Å². The zero-order valence-corrected chi connectivity index (χ0v) is 15.4. The molecule has 2 aliphatic carbocycles. The van der Waals surface area contributed by atoms with Gasteiger partial charge in [0.15, 0.2) is 0 Å². The van der Waals surface area contributed by atoms with Crippen LogP contribution in [-0.2, 0) is 20.1 Å². The van der Waals surface area contributed by atoms with Crippen molar-refractivity contribution in [3.63, 3.8) is 0 Å². The van der Waals surface area contributed by atoms with E-state index in [9.17, 15) is 0 Å². The molecule has 2 rings (SSSR count). The van der Waals surface area contributed by atoms with Gasteiger partial charge in [0.25, 0.3) is 0 Å². The first-order valence-corrected chi connectivity index (χ1v) is 7.07. The summed E-state index contributed by atoms with van der Waals surface area (Å²) < 4.78 is 0. The Morgan fingerprint density at radius 2 is 1.42 bits per heavy atom. The number of hydrogen-bond acceptors (Lipinski definition) is 0. The summed E-state index contributed by atoms with van der Waals surface area (Å²) in [6, 6.07) is 0. The quantitative estimate of drug-likeness (QED) is 0.423. The summed E-state index contributed by atoms with van der Waals surface area (Å²) in [7, 11) is 0. The molecular weight excluding hydrogens is 408 g/mol. The molecule has 1 heteroatoms. The van der Waals surface area contributed by atoms with Gasteiger partial charge in [-0.1, -0.05) is 57.4 Å². The van der Waals surface area contributed by atoms with Crippen LogP contribution in [0.1, 0.15) is 60.3 Å². The van der Waals surface area contributed by atoms with Crippen molar-refractivity contribution in [3.8, 4) is 0 Å². The summed E-state index contributed by atoms with van der Waals surface area (Å²) >= 11 is 0. The van der Waals surface area contributed by atoms with Crippen LogP contribution in [0.4, 0.5) is 0 Å². The Labute approximate surface area is 133 Å². The second kappa shape index (κ2) is 8.72. The molecule has 0 saturated carbocycles. The Morgan fingerprint density at radius 1 is 0.947 bits per heavy atom. The molecule has 2 aliphatic rings. The van der Waals surface area contributed by atoms with Crippen LogP contribution in [0, 0.1) is 11.5 Å². The van der Waals surface area contributed by atoms with E-state index < -0.39 is 0 Å². The minimum atomic E-state index is 0. The van der Waals surface area contributed by atoms with Gasteiger partial charge < -0.3 is 0 Å². The summed E-state index contributed by atoms with van der Waals surface area (Å²) in [5.74, 6) is 0. The Kier molecular flexibility index (Phi) is 8.54. The van der Waals surface area contributed by atoms with E-state index in [-0.39, 0.29) is 25.5 Å². The molecule has 0 aromatic rings. The maximum absolute atomic E-state index is 3.44. The summed E-state index contributed by atoms with van der Waals surface area (Å²) in [5, 5.41) is 0. The van der Waals surface area contributed by atoms with Crippen LogP contribution in [0.3, 0.4) is 0 Å².